The standard InChI is InChI=1S/C20H20O3/c1-23-20-12-14(7-11-19(20)22)6-10-18(21)17-9-8-15-4-2-3-5-16(15)13-17/h6-13,22H,2-5H2,1H3/b10-6+. The molecule has 2 aromatic rings. The van der Waals surface area contributed by atoms with Crippen molar-refractivity contribution in [2.75, 3.05) is 7.11 Å². The number of fused-ring (bicyclic) bond motifs is 1. The van der Waals surface area contributed by atoms with Gasteiger partial charge in [-0.3, -0.25) is 4.79 Å². The van der Waals surface area contributed by atoms with Gasteiger partial charge in [0.1, 0.15) is 0 Å². The van der Waals surface area contributed by atoms with Gasteiger partial charge in [0.2, 0.25) is 0 Å². The van der Waals surface area contributed by atoms with Crippen LogP contribution < -0.4 is 4.74 Å². The number of ether oxygens (including phenoxy) is 1. The highest BCUT2D eigenvalue weighted by atomic mass is 16.5. The third-order valence-corrected chi connectivity index (χ3v) is 4.26. The number of phenolic OH excluding ortho intramolecular Hbond substituents is 1. The Labute approximate surface area is 136 Å². The van der Waals surface area contributed by atoms with Crippen molar-refractivity contribution >= 4 is 11.9 Å². The summed E-state index contributed by atoms with van der Waals surface area (Å²) in [6, 6.07) is 11.0. The number of carbonyl (C=O) groups is 1. The maximum absolute atomic E-state index is 12.4. The van der Waals surface area contributed by atoms with E-state index in [4.69, 9.17) is 4.74 Å². The van der Waals surface area contributed by atoms with Gasteiger partial charge in [0.15, 0.2) is 17.3 Å². The molecule has 0 unspecified atom stereocenters. The average Bonchev–Trinajstić information content (AvgIpc) is 2.60. The Kier molecular flexibility index (Phi) is 4.47. The highest BCUT2D eigenvalue weighted by Gasteiger charge is 2.11. The average molecular weight is 308 g/mol. The molecule has 3 rings (SSSR count). The molecule has 2 aromatic carbocycles. The molecule has 0 saturated carbocycles. The number of carbonyl (C=O) groups excluding carboxylic acids is 1. The first-order valence-electron chi connectivity index (χ1n) is 7.88. The molecule has 0 radical (unpaired) electrons. The minimum atomic E-state index is -0.00887. The number of hydrogen-bond acceptors (Lipinski definition) is 3. The summed E-state index contributed by atoms with van der Waals surface area (Å²) in [5.74, 6) is 0.476. The van der Waals surface area contributed by atoms with Crippen molar-refractivity contribution < 1.29 is 14.6 Å². The summed E-state index contributed by atoms with van der Waals surface area (Å²) in [5.41, 5.74) is 4.22. The third kappa shape index (κ3) is 3.45. The molecule has 1 N–H and O–H groups in total. The SMILES string of the molecule is COc1cc(/C=C/C(=O)c2ccc3c(c2)CCCC3)ccc1O. The molecule has 3 heteroatoms. The molecular formula is C20H20O3. The predicted octanol–water partition coefficient (Wildman–Crippen LogP) is 4.18. The van der Waals surface area contributed by atoms with Crippen molar-refractivity contribution in [1.29, 1.82) is 0 Å². The first kappa shape index (κ1) is 15.3. The van der Waals surface area contributed by atoms with Gasteiger partial charge in [-0.05, 0) is 66.6 Å². The van der Waals surface area contributed by atoms with E-state index in [9.17, 15) is 9.90 Å². The first-order valence-corrected chi connectivity index (χ1v) is 7.88. The Morgan fingerprint density at radius 1 is 1.09 bits per heavy atom. The van der Waals surface area contributed by atoms with Gasteiger partial charge < -0.3 is 9.84 Å². The molecule has 0 atom stereocenters. The van der Waals surface area contributed by atoms with E-state index >= 15 is 0 Å². The highest BCUT2D eigenvalue weighted by molar-refractivity contribution is 6.07. The topological polar surface area (TPSA) is 46.5 Å². The fourth-order valence-corrected chi connectivity index (χ4v) is 2.95. The van der Waals surface area contributed by atoms with E-state index in [2.05, 4.69) is 6.07 Å². The largest absolute Gasteiger partial charge is 0.504 e. The van der Waals surface area contributed by atoms with Crippen LogP contribution in [0.15, 0.2) is 42.5 Å². The number of aromatic hydroxyl groups is 1. The molecule has 3 nitrogen and oxygen atoms in total. The van der Waals surface area contributed by atoms with Crippen LogP contribution in [-0.4, -0.2) is 18.0 Å². The van der Waals surface area contributed by atoms with E-state index < -0.39 is 0 Å². The molecule has 118 valence electrons. The van der Waals surface area contributed by atoms with Crippen LogP contribution in [0.4, 0.5) is 0 Å². The summed E-state index contributed by atoms with van der Waals surface area (Å²) in [6.07, 6.45) is 7.93. The molecule has 23 heavy (non-hydrogen) atoms. The lowest BCUT2D eigenvalue weighted by atomic mass is 9.90. The number of phenols is 1. The fraction of sp³-hybridized carbons (Fsp3) is 0.250. The monoisotopic (exact) mass is 308 g/mol. The summed E-state index contributed by atoms with van der Waals surface area (Å²) >= 11 is 0. The second-order valence-corrected chi connectivity index (χ2v) is 5.82. The van der Waals surface area contributed by atoms with Gasteiger partial charge in [0.25, 0.3) is 0 Å². The van der Waals surface area contributed by atoms with E-state index in [1.807, 2.05) is 12.1 Å². The highest BCUT2D eigenvalue weighted by Crippen LogP contribution is 2.27. The molecular weight excluding hydrogens is 288 g/mol. The van der Waals surface area contributed by atoms with Crippen LogP contribution >= 0.6 is 0 Å². The number of allylic oxidation sites excluding steroid dienone is 1. The number of aryl methyl sites for hydroxylation is 2. The van der Waals surface area contributed by atoms with E-state index in [1.54, 1.807) is 30.4 Å². The van der Waals surface area contributed by atoms with E-state index in [-0.39, 0.29) is 11.5 Å². The molecule has 1 aliphatic rings. The Bertz CT molecular complexity index is 759. The van der Waals surface area contributed by atoms with Crippen molar-refractivity contribution in [2.24, 2.45) is 0 Å². The van der Waals surface area contributed by atoms with E-state index in [0.29, 0.717) is 5.75 Å². The minimum absolute atomic E-state index is 0.00887. The second kappa shape index (κ2) is 6.69. The molecule has 0 bridgehead atoms. The summed E-state index contributed by atoms with van der Waals surface area (Å²) in [7, 11) is 1.50. The number of benzene rings is 2. The predicted molar refractivity (Wildman–Crippen MR) is 91.1 cm³/mol. The molecule has 0 amide bonds. The van der Waals surface area contributed by atoms with Crippen molar-refractivity contribution in [3.05, 3.63) is 64.7 Å². The van der Waals surface area contributed by atoms with Crippen LogP contribution in [-0.2, 0) is 12.8 Å². The summed E-state index contributed by atoms with van der Waals surface area (Å²) in [4.78, 5) is 12.4. The third-order valence-electron chi connectivity index (χ3n) is 4.26. The minimum Gasteiger partial charge on any atom is -0.504 e. The van der Waals surface area contributed by atoms with Gasteiger partial charge in [0.05, 0.1) is 7.11 Å². The van der Waals surface area contributed by atoms with Gasteiger partial charge in [-0.25, -0.2) is 0 Å². The lowest BCUT2D eigenvalue weighted by Crippen LogP contribution is -2.05. The maximum atomic E-state index is 12.4. The normalized spacial score (nSPS) is 13.8. The van der Waals surface area contributed by atoms with Crippen molar-refractivity contribution in [1.82, 2.24) is 0 Å². The van der Waals surface area contributed by atoms with Crippen LogP contribution in [0.1, 0.15) is 39.9 Å². The maximum Gasteiger partial charge on any atom is 0.185 e. The lowest BCUT2D eigenvalue weighted by Gasteiger charge is -2.15. The van der Waals surface area contributed by atoms with Gasteiger partial charge in [0, 0.05) is 5.56 Å². The Morgan fingerprint density at radius 2 is 1.87 bits per heavy atom. The fourth-order valence-electron chi connectivity index (χ4n) is 2.95. The zero-order valence-corrected chi connectivity index (χ0v) is 13.2. The Morgan fingerprint density at radius 3 is 2.65 bits per heavy atom. The second-order valence-electron chi connectivity index (χ2n) is 5.82. The van der Waals surface area contributed by atoms with Crippen LogP contribution in [0.25, 0.3) is 6.08 Å². The molecule has 0 fully saturated rings. The number of hydrogen-bond donors (Lipinski definition) is 1. The number of ketones is 1. The van der Waals surface area contributed by atoms with Gasteiger partial charge in [-0.2, -0.15) is 0 Å². The molecule has 0 aromatic heterocycles. The molecule has 0 aliphatic heterocycles. The lowest BCUT2D eigenvalue weighted by molar-refractivity contribution is 0.104. The number of rotatable bonds is 4. The zero-order valence-electron chi connectivity index (χ0n) is 13.2. The van der Waals surface area contributed by atoms with E-state index in [1.165, 1.54) is 31.1 Å². The van der Waals surface area contributed by atoms with Gasteiger partial charge in [-0.15, -0.1) is 0 Å². The van der Waals surface area contributed by atoms with Crippen molar-refractivity contribution in [3.63, 3.8) is 0 Å². The van der Waals surface area contributed by atoms with Gasteiger partial charge >= 0.3 is 0 Å². The van der Waals surface area contributed by atoms with Crippen LogP contribution in [0.2, 0.25) is 0 Å². The van der Waals surface area contributed by atoms with Crippen LogP contribution in [0.5, 0.6) is 11.5 Å². The summed E-state index contributed by atoms with van der Waals surface area (Å²) in [6.45, 7) is 0. The van der Waals surface area contributed by atoms with Crippen molar-refractivity contribution in [3.8, 4) is 11.5 Å². The molecule has 0 spiro atoms. The molecule has 1 aliphatic carbocycles. The van der Waals surface area contributed by atoms with Gasteiger partial charge in [-0.1, -0.05) is 24.3 Å². The van der Waals surface area contributed by atoms with Crippen molar-refractivity contribution in [2.45, 2.75) is 25.7 Å². The van der Waals surface area contributed by atoms with E-state index in [0.717, 1.165) is 24.0 Å². The van der Waals surface area contributed by atoms with Crippen LogP contribution in [0.3, 0.4) is 0 Å². The summed E-state index contributed by atoms with van der Waals surface area (Å²) in [5, 5.41) is 9.59. The Hall–Kier alpha value is -2.55. The Balaban J connectivity index is 1.78. The number of methoxy groups -OCH3 is 1. The summed E-state index contributed by atoms with van der Waals surface area (Å²) < 4.78 is 5.07. The molecule has 0 saturated heterocycles. The zero-order chi connectivity index (χ0) is 16.2. The first-order chi connectivity index (χ1) is 11.2. The van der Waals surface area contributed by atoms with Crippen LogP contribution in [0, 0.1) is 0 Å². The molecule has 0 heterocycles. The smallest absolute Gasteiger partial charge is 0.185 e. The quantitative estimate of drug-likeness (QED) is 0.681.